The van der Waals surface area contributed by atoms with Crippen molar-refractivity contribution in [2.45, 2.75) is 20.8 Å². The number of halogens is 1. The molecule has 4 aromatic heterocycles. The van der Waals surface area contributed by atoms with Crippen LogP contribution in [-0.2, 0) is 9.47 Å². The van der Waals surface area contributed by atoms with E-state index in [9.17, 15) is 19.8 Å². The highest BCUT2D eigenvalue weighted by molar-refractivity contribution is 9.10. The number of fused-ring (bicyclic) bond motifs is 2. The molecule has 2 aromatic carbocycles. The Kier molecular flexibility index (Phi) is 9.47. The first kappa shape index (κ1) is 31.0. The minimum Gasteiger partial charge on any atom is -0.504 e. The molecule has 0 amide bonds. The molecule has 0 aliphatic carbocycles. The lowest BCUT2D eigenvalue weighted by atomic mass is 10.2. The summed E-state index contributed by atoms with van der Waals surface area (Å²) in [5, 5.41) is 22.2. The van der Waals surface area contributed by atoms with Gasteiger partial charge in [0, 0.05) is 11.1 Å². The number of aromatic nitrogens is 4. The van der Waals surface area contributed by atoms with Gasteiger partial charge >= 0.3 is 11.9 Å². The van der Waals surface area contributed by atoms with Gasteiger partial charge in [0.1, 0.15) is 35.1 Å². The molecular weight excluding hydrogens is 668 g/mol. The molecule has 6 aromatic rings. The maximum absolute atomic E-state index is 11.9. The molecule has 224 valence electrons. The van der Waals surface area contributed by atoms with Crippen molar-refractivity contribution in [3.63, 3.8) is 0 Å². The number of aryl methyl sites for hydroxylation is 1. The predicted octanol–water partition coefficient (Wildman–Crippen LogP) is 7.55. The van der Waals surface area contributed by atoms with Crippen LogP contribution in [0, 0.1) is 6.92 Å². The van der Waals surface area contributed by atoms with Crippen LogP contribution in [0.2, 0.25) is 0 Å². The van der Waals surface area contributed by atoms with Crippen molar-refractivity contribution in [1.29, 1.82) is 0 Å². The van der Waals surface area contributed by atoms with Crippen LogP contribution in [0.1, 0.15) is 40.5 Å². The Morgan fingerprint density at radius 3 is 1.61 bits per heavy atom. The highest BCUT2D eigenvalue weighted by Crippen LogP contribution is 2.40. The molecule has 44 heavy (non-hydrogen) atoms. The zero-order chi connectivity index (χ0) is 31.4. The Bertz CT molecular complexity index is 1840. The number of thiazole rings is 2. The second-order valence-electron chi connectivity index (χ2n) is 9.06. The van der Waals surface area contributed by atoms with Crippen LogP contribution in [0.4, 0.5) is 0 Å². The fraction of sp³-hybridized carbons (Fsp3) is 0.161. The van der Waals surface area contributed by atoms with Crippen molar-refractivity contribution in [2.24, 2.45) is 0 Å². The Labute approximate surface area is 268 Å². The highest BCUT2D eigenvalue weighted by atomic mass is 79.9. The number of benzene rings is 2. The molecule has 0 spiro atoms. The van der Waals surface area contributed by atoms with E-state index in [1.165, 1.54) is 22.7 Å². The summed E-state index contributed by atoms with van der Waals surface area (Å²) in [7, 11) is 0. The van der Waals surface area contributed by atoms with Crippen LogP contribution < -0.4 is 0 Å². The molecule has 0 aliphatic rings. The van der Waals surface area contributed by atoms with E-state index in [2.05, 4.69) is 35.9 Å². The van der Waals surface area contributed by atoms with Crippen molar-refractivity contribution in [3.8, 4) is 32.6 Å². The Morgan fingerprint density at radius 2 is 1.14 bits per heavy atom. The van der Waals surface area contributed by atoms with Gasteiger partial charge in [-0.15, -0.1) is 22.7 Å². The lowest BCUT2D eigenvalue weighted by Crippen LogP contribution is -2.08. The summed E-state index contributed by atoms with van der Waals surface area (Å²) in [5.41, 5.74) is 3.45. The molecule has 0 fully saturated rings. The molecule has 0 aliphatic heterocycles. The number of pyridine rings is 2. The minimum atomic E-state index is -0.655. The third kappa shape index (κ3) is 6.25. The molecule has 0 saturated carbocycles. The molecule has 0 saturated heterocycles. The summed E-state index contributed by atoms with van der Waals surface area (Å²) in [6.07, 6.45) is 0. The zero-order valence-electron chi connectivity index (χ0n) is 23.7. The first-order valence-corrected chi connectivity index (χ1v) is 15.8. The number of rotatable bonds is 6. The molecule has 0 atom stereocenters. The summed E-state index contributed by atoms with van der Waals surface area (Å²) >= 11 is 5.94. The third-order valence-corrected chi connectivity index (χ3v) is 8.91. The van der Waals surface area contributed by atoms with Gasteiger partial charge in [-0.25, -0.2) is 29.5 Å². The minimum absolute atomic E-state index is 0.0601. The monoisotopic (exact) mass is 692 g/mol. The smallest absolute Gasteiger partial charge is 0.360 e. The van der Waals surface area contributed by atoms with Gasteiger partial charge in [-0.1, -0.05) is 60.7 Å². The van der Waals surface area contributed by atoms with Gasteiger partial charge in [0.05, 0.1) is 18.9 Å². The molecule has 4 heterocycles. The van der Waals surface area contributed by atoms with Gasteiger partial charge < -0.3 is 19.7 Å². The number of nitrogens with zero attached hydrogens (tertiary/aromatic N) is 4. The number of esters is 2. The lowest BCUT2D eigenvalue weighted by molar-refractivity contribution is 0.0506. The first-order chi connectivity index (χ1) is 21.2. The number of carbonyl (C=O) groups excluding carboxylic acids is 2. The molecule has 13 heteroatoms. The van der Waals surface area contributed by atoms with Crippen LogP contribution in [0.5, 0.6) is 11.5 Å². The average Bonchev–Trinajstić information content (AvgIpc) is 3.69. The first-order valence-electron chi connectivity index (χ1n) is 13.4. The van der Waals surface area contributed by atoms with Crippen molar-refractivity contribution in [2.75, 3.05) is 13.2 Å². The zero-order valence-corrected chi connectivity index (χ0v) is 26.9. The van der Waals surface area contributed by atoms with Gasteiger partial charge in [0.25, 0.3) is 0 Å². The second kappa shape index (κ2) is 13.5. The molecule has 6 rings (SSSR count). The van der Waals surface area contributed by atoms with E-state index in [0.29, 0.717) is 30.7 Å². The summed E-state index contributed by atoms with van der Waals surface area (Å²) in [6.45, 7) is 5.62. The van der Waals surface area contributed by atoms with Crippen LogP contribution in [-0.4, -0.2) is 55.3 Å². The molecule has 2 N–H and O–H groups in total. The number of hydrogen-bond acceptors (Lipinski definition) is 12. The maximum Gasteiger partial charge on any atom is 0.360 e. The normalized spacial score (nSPS) is 10.8. The summed E-state index contributed by atoms with van der Waals surface area (Å²) in [5.74, 6) is -1.65. The topological polar surface area (TPSA) is 145 Å². The highest BCUT2D eigenvalue weighted by Gasteiger charge is 2.23. The third-order valence-electron chi connectivity index (χ3n) is 6.14. The number of aromatic hydroxyl groups is 2. The largest absolute Gasteiger partial charge is 0.504 e. The summed E-state index contributed by atoms with van der Waals surface area (Å²) < 4.78 is 11.3. The van der Waals surface area contributed by atoms with Gasteiger partial charge in [-0.05, 0) is 36.7 Å². The summed E-state index contributed by atoms with van der Waals surface area (Å²) in [4.78, 5) is 41.0. The fourth-order valence-corrected chi connectivity index (χ4v) is 6.81. The molecular formula is C31H25BrN4O6S2. The molecule has 0 bridgehead atoms. The average molecular weight is 694 g/mol. The van der Waals surface area contributed by atoms with E-state index in [0.717, 1.165) is 21.1 Å². The predicted molar refractivity (Wildman–Crippen MR) is 173 cm³/mol. The van der Waals surface area contributed by atoms with Crippen molar-refractivity contribution in [3.05, 3.63) is 82.3 Å². The Balaban J connectivity index is 0.000000175. The molecule has 0 radical (unpaired) electrons. The standard InChI is InChI=1S/C16H14N2O3S.C15H11BrN2O3S/c1-3-21-16(20)12-13(19)14-11(9(2)17-12)18-15(22-14)10-7-5-4-6-8-10;1-2-21-15(20)9-11(19)12-10(13(16)17-9)18-14(22-12)8-6-4-3-5-7-8/h4-8,19H,3H2,1-2H3;3-7,19H,2H2,1H3. The van der Waals surface area contributed by atoms with Crippen LogP contribution in [0.3, 0.4) is 0 Å². The Hall–Kier alpha value is -4.46. The van der Waals surface area contributed by atoms with Gasteiger partial charge in [-0.2, -0.15) is 0 Å². The van der Waals surface area contributed by atoms with Crippen molar-refractivity contribution in [1.82, 2.24) is 19.9 Å². The maximum atomic E-state index is 11.9. The van der Waals surface area contributed by atoms with Gasteiger partial charge in [0.15, 0.2) is 22.9 Å². The number of ether oxygens (including phenoxy) is 2. The van der Waals surface area contributed by atoms with Crippen molar-refractivity contribution >= 4 is 71.0 Å². The molecule has 10 nitrogen and oxygen atoms in total. The number of hydrogen-bond donors (Lipinski definition) is 2. The van der Waals surface area contributed by atoms with Crippen LogP contribution in [0.25, 0.3) is 41.6 Å². The van der Waals surface area contributed by atoms with E-state index in [1.807, 2.05) is 60.7 Å². The van der Waals surface area contributed by atoms with E-state index in [4.69, 9.17) is 9.47 Å². The quantitative estimate of drug-likeness (QED) is 0.133. The molecule has 0 unspecified atom stereocenters. The van der Waals surface area contributed by atoms with Crippen LogP contribution in [0.15, 0.2) is 65.3 Å². The lowest BCUT2D eigenvalue weighted by Gasteiger charge is -2.05. The van der Waals surface area contributed by atoms with E-state index < -0.39 is 11.9 Å². The van der Waals surface area contributed by atoms with Gasteiger partial charge in [0.2, 0.25) is 0 Å². The SMILES string of the molecule is CCOC(=O)c1nc(Br)c2nc(-c3ccccc3)sc2c1O.CCOC(=O)c1nc(C)c2nc(-c3ccccc3)sc2c1O. The second-order valence-corrected chi connectivity index (χ2v) is 11.8. The van der Waals surface area contributed by atoms with E-state index >= 15 is 0 Å². The van der Waals surface area contributed by atoms with E-state index in [-0.39, 0.29) is 36.1 Å². The van der Waals surface area contributed by atoms with Gasteiger partial charge in [-0.3, -0.25) is 0 Å². The van der Waals surface area contributed by atoms with E-state index in [1.54, 1.807) is 20.8 Å². The Morgan fingerprint density at radius 1 is 0.705 bits per heavy atom. The number of carbonyl (C=O) groups is 2. The van der Waals surface area contributed by atoms with Crippen molar-refractivity contribution < 1.29 is 29.3 Å². The van der Waals surface area contributed by atoms with Crippen LogP contribution >= 0.6 is 38.6 Å². The summed E-state index contributed by atoms with van der Waals surface area (Å²) in [6, 6.07) is 19.3. The fourth-order valence-electron chi connectivity index (χ4n) is 4.13.